The molecular weight excluding hydrogens is 196 g/mol. The fourth-order valence-electron chi connectivity index (χ4n) is 1.97. The number of aromatic nitrogens is 2. The summed E-state index contributed by atoms with van der Waals surface area (Å²) in [5.74, 6) is 0. The molecule has 3 rings (SSSR count). The Morgan fingerprint density at radius 1 is 0.938 bits per heavy atom. The van der Waals surface area contributed by atoms with E-state index in [-0.39, 0.29) is 0 Å². The molecule has 0 spiro atoms. The number of aryl methyl sites for hydroxylation is 1. The summed E-state index contributed by atoms with van der Waals surface area (Å²) in [5, 5.41) is 5.43. The van der Waals surface area contributed by atoms with Gasteiger partial charge in [0.25, 0.3) is 0 Å². The van der Waals surface area contributed by atoms with Crippen LogP contribution in [0.15, 0.2) is 54.7 Å². The highest BCUT2D eigenvalue weighted by Gasteiger charge is 2.01. The largest absolute Gasteiger partial charge is 0.268 e. The first-order valence-corrected chi connectivity index (χ1v) is 5.32. The summed E-state index contributed by atoms with van der Waals surface area (Å²) in [6.45, 7) is 0. The molecule has 1 aromatic heterocycles. The van der Waals surface area contributed by atoms with Crippen molar-refractivity contribution in [2.75, 3.05) is 0 Å². The molecule has 0 saturated carbocycles. The van der Waals surface area contributed by atoms with Gasteiger partial charge < -0.3 is 0 Å². The van der Waals surface area contributed by atoms with Crippen molar-refractivity contribution >= 4 is 10.9 Å². The van der Waals surface area contributed by atoms with Crippen LogP contribution in [0.1, 0.15) is 0 Å². The fourth-order valence-corrected chi connectivity index (χ4v) is 1.97. The Bertz CT molecular complexity index is 624. The lowest BCUT2D eigenvalue weighted by molar-refractivity contribution is 0.797. The van der Waals surface area contributed by atoms with E-state index in [2.05, 4.69) is 47.6 Å². The standard InChI is InChI=1S/C14H12N2/c1-16-14-8-7-12(9-13(14)10-15-16)11-5-3-2-4-6-11/h2-10H,1H3. The highest BCUT2D eigenvalue weighted by Crippen LogP contribution is 2.23. The summed E-state index contributed by atoms with van der Waals surface area (Å²) < 4.78 is 1.89. The number of fused-ring (bicyclic) bond motifs is 1. The van der Waals surface area contributed by atoms with E-state index in [0.717, 1.165) is 0 Å². The van der Waals surface area contributed by atoms with Gasteiger partial charge in [-0.1, -0.05) is 36.4 Å². The molecule has 0 amide bonds. The van der Waals surface area contributed by atoms with E-state index in [9.17, 15) is 0 Å². The molecule has 2 aromatic carbocycles. The lowest BCUT2D eigenvalue weighted by Crippen LogP contribution is -1.88. The van der Waals surface area contributed by atoms with E-state index in [1.807, 2.05) is 24.0 Å². The molecule has 0 bridgehead atoms. The molecule has 2 heteroatoms. The van der Waals surface area contributed by atoms with Gasteiger partial charge in [-0.3, -0.25) is 4.68 Å². The van der Waals surface area contributed by atoms with Gasteiger partial charge in [0, 0.05) is 12.4 Å². The third-order valence-electron chi connectivity index (χ3n) is 2.85. The molecule has 1 heterocycles. The Morgan fingerprint density at radius 2 is 1.75 bits per heavy atom. The van der Waals surface area contributed by atoms with Crippen LogP contribution in [0.2, 0.25) is 0 Å². The SMILES string of the molecule is Cn1ncc2cc(-c3ccccc3)ccc21. The maximum Gasteiger partial charge on any atom is 0.0679 e. The molecule has 0 fully saturated rings. The maximum atomic E-state index is 4.25. The van der Waals surface area contributed by atoms with Crippen molar-refractivity contribution in [2.24, 2.45) is 7.05 Å². The van der Waals surface area contributed by atoms with Gasteiger partial charge in [0.1, 0.15) is 0 Å². The lowest BCUT2D eigenvalue weighted by Gasteiger charge is -2.01. The highest BCUT2D eigenvalue weighted by atomic mass is 15.2. The second-order valence-electron chi connectivity index (χ2n) is 3.91. The van der Waals surface area contributed by atoms with Crippen molar-refractivity contribution in [1.82, 2.24) is 9.78 Å². The van der Waals surface area contributed by atoms with Gasteiger partial charge in [-0.2, -0.15) is 5.10 Å². The van der Waals surface area contributed by atoms with Crippen LogP contribution in [0.25, 0.3) is 22.0 Å². The Labute approximate surface area is 94.1 Å². The van der Waals surface area contributed by atoms with Gasteiger partial charge in [0.2, 0.25) is 0 Å². The normalized spacial score (nSPS) is 10.8. The van der Waals surface area contributed by atoms with Gasteiger partial charge in [0.05, 0.1) is 11.7 Å². The third-order valence-corrected chi connectivity index (χ3v) is 2.85. The van der Waals surface area contributed by atoms with Crippen LogP contribution >= 0.6 is 0 Å². The summed E-state index contributed by atoms with van der Waals surface area (Å²) in [6, 6.07) is 16.8. The van der Waals surface area contributed by atoms with E-state index in [1.165, 1.54) is 22.0 Å². The number of hydrogen-bond acceptors (Lipinski definition) is 1. The van der Waals surface area contributed by atoms with E-state index >= 15 is 0 Å². The van der Waals surface area contributed by atoms with Crippen molar-refractivity contribution in [2.45, 2.75) is 0 Å². The first kappa shape index (κ1) is 9.16. The van der Waals surface area contributed by atoms with Gasteiger partial charge in [-0.05, 0) is 23.3 Å². The zero-order valence-electron chi connectivity index (χ0n) is 9.09. The molecule has 0 aliphatic heterocycles. The summed E-state index contributed by atoms with van der Waals surface area (Å²) in [6.07, 6.45) is 1.90. The third kappa shape index (κ3) is 1.39. The van der Waals surface area contributed by atoms with Crippen molar-refractivity contribution in [3.8, 4) is 11.1 Å². The molecule has 0 aliphatic carbocycles. The number of hydrogen-bond donors (Lipinski definition) is 0. The molecule has 0 atom stereocenters. The molecule has 2 nitrogen and oxygen atoms in total. The van der Waals surface area contributed by atoms with Crippen LogP contribution in [0.4, 0.5) is 0 Å². The van der Waals surface area contributed by atoms with Crippen LogP contribution in [0.3, 0.4) is 0 Å². The zero-order valence-corrected chi connectivity index (χ0v) is 9.09. The topological polar surface area (TPSA) is 17.8 Å². The average molecular weight is 208 g/mol. The summed E-state index contributed by atoms with van der Waals surface area (Å²) in [4.78, 5) is 0. The maximum absolute atomic E-state index is 4.25. The predicted octanol–water partition coefficient (Wildman–Crippen LogP) is 3.24. The highest BCUT2D eigenvalue weighted by molar-refractivity contribution is 5.84. The molecule has 0 saturated heterocycles. The van der Waals surface area contributed by atoms with Crippen LogP contribution < -0.4 is 0 Å². The van der Waals surface area contributed by atoms with Crippen LogP contribution in [0.5, 0.6) is 0 Å². The Hall–Kier alpha value is -2.09. The van der Waals surface area contributed by atoms with Gasteiger partial charge >= 0.3 is 0 Å². The quantitative estimate of drug-likeness (QED) is 0.600. The fraction of sp³-hybridized carbons (Fsp3) is 0.0714. The van der Waals surface area contributed by atoms with Gasteiger partial charge in [-0.15, -0.1) is 0 Å². The van der Waals surface area contributed by atoms with Gasteiger partial charge in [-0.25, -0.2) is 0 Å². The van der Waals surface area contributed by atoms with Crippen molar-refractivity contribution in [3.63, 3.8) is 0 Å². The Morgan fingerprint density at radius 3 is 2.56 bits per heavy atom. The van der Waals surface area contributed by atoms with Crippen LogP contribution in [-0.4, -0.2) is 9.78 Å². The summed E-state index contributed by atoms with van der Waals surface area (Å²) in [7, 11) is 1.96. The lowest BCUT2D eigenvalue weighted by atomic mass is 10.0. The number of benzene rings is 2. The zero-order chi connectivity index (χ0) is 11.0. The molecule has 78 valence electrons. The Kier molecular flexibility index (Phi) is 2.00. The van der Waals surface area contributed by atoms with Crippen molar-refractivity contribution in [3.05, 3.63) is 54.7 Å². The first-order chi connectivity index (χ1) is 7.84. The molecule has 3 aromatic rings. The Balaban J connectivity index is 2.19. The minimum atomic E-state index is 1.17. The van der Waals surface area contributed by atoms with E-state index in [0.29, 0.717) is 0 Å². The average Bonchev–Trinajstić information content (AvgIpc) is 2.72. The number of rotatable bonds is 1. The molecule has 0 radical (unpaired) electrons. The van der Waals surface area contributed by atoms with Crippen LogP contribution in [0, 0.1) is 0 Å². The molecule has 16 heavy (non-hydrogen) atoms. The predicted molar refractivity (Wildman–Crippen MR) is 66.2 cm³/mol. The second kappa shape index (κ2) is 3.49. The van der Waals surface area contributed by atoms with E-state index in [1.54, 1.807) is 0 Å². The monoisotopic (exact) mass is 208 g/mol. The minimum absolute atomic E-state index is 1.17. The smallest absolute Gasteiger partial charge is 0.0679 e. The van der Waals surface area contributed by atoms with Crippen molar-refractivity contribution in [1.29, 1.82) is 0 Å². The first-order valence-electron chi connectivity index (χ1n) is 5.32. The van der Waals surface area contributed by atoms with Gasteiger partial charge in [0.15, 0.2) is 0 Å². The summed E-state index contributed by atoms with van der Waals surface area (Å²) >= 11 is 0. The molecule has 0 N–H and O–H groups in total. The second-order valence-corrected chi connectivity index (χ2v) is 3.91. The minimum Gasteiger partial charge on any atom is -0.268 e. The van der Waals surface area contributed by atoms with E-state index in [4.69, 9.17) is 0 Å². The van der Waals surface area contributed by atoms with E-state index < -0.39 is 0 Å². The summed E-state index contributed by atoms with van der Waals surface area (Å²) in [5.41, 5.74) is 3.65. The van der Waals surface area contributed by atoms with Crippen molar-refractivity contribution < 1.29 is 0 Å². The molecular formula is C14H12N2. The number of nitrogens with zero attached hydrogens (tertiary/aromatic N) is 2. The molecule has 0 aliphatic rings. The molecule has 0 unspecified atom stereocenters. The van der Waals surface area contributed by atoms with Crippen LogP contribution in [-0.2, 0) is 7.05 Å².